The first kappa shape index (κ1) is 20.2. The number of methoxy groups -OCH3 is 1. The number of amides is 1. The first-order valence-electron chi connectivity index (χ1n) is 8.56. The molecule has 1 fully saturated rings. The van der Waals surface area contributed by atoms with Gasteiger partial charge in [0, 0.05) is 10.6 Å². The van der Waals surface area contributed by atoms with Gasteiger partial charge in [0.1, 0.15) is 18.1 Å². The molecule has 146 valence electrons. The molecular weight excluding hydrogens is 398 g/mol. The lowest BCUT2D eigenvalue weighted by molar-refractivity contribution is -0.116. The summed E-state index contributed by atoms with van der Waals surface area (Å²) in [6.45, 7) is 4.24. The number of amidine groups is 1. The SMILES string of the molecule is COc1ccc(C=NN=C2NC(=O)CS2)cc1COc1cc(C)c(Cl)c(C)c1. The van der Waals surface area contributed by atoms with Crippen molar-refractivity contribution in [3.63, 3.8) is 0 Å². The molecule has 2 aromatic carbocycles. The first-order valence-corrected chi connectivity index (χ1v) is 9.92. The fourth-order valence-electron chi connectivity index (χ4n) is 2.67. The molecule has 0 aromatic heterocycles. The maximum atomic E-state index is 11.2. The van der Waals surface area contributed by atoms with E-state index in [0.717, 1.165) is 38.8 Å². The summed E-state index contributed by atoms with van der Waals surface area (Å²) in [6.07, 6.45) is 1.62. The Kier molecular flexibility index (Phi) is 6.59. The average Bonchev–Trinajstić information content (AvgIpc) is 3.09. The van der Waals surface area contributed by atoms with Gasteiger partial charge in [0.2, 0.25) is 5.91 Å². The number of nitrogens with one attached hydrogen (secondary N) is 1. The zero-order valence-corrected chi connectivity index (χ0v) is 17.4. The third-order valence-electron chi connectivity index (χ3n) is 4.05. The minimum Gasteiger partial charge on any atom is -0.496 e. The van der Waals surface area contributed by atoms with Crippen LogP contribution < -0.4 is 14.8 Å². The molecule has 0 atom stereocenters. The number of carbonyl (C=O) groups is 1. The summed E-state index contributed by atoms with van der Waals surface area (Å²) in [5.41, 5.74) is 3.68. The lowest BCUT2D eigenvalue weighted by Crippen LogP contribution is -2.19. The number of halogens is 1. The fraction of sp³-hybridized carbons (Fsp3) is 0.250. The second-order valence-corrected chi connectivity index (χ2v) is 7.56. The van der Waals surface area contributed by atoms with Crippen molar-refractivity contribution in [2.45, 2.75) is 20.5 Å². The Labute approximate surface area is 173 Å². The summed E-state index contributed by atoms with van der Waals surface area (Å²) < 4.78 is 11.4. The van der Waals surface area contributed by atoms with Crippen LogP contribution in [-0.4, -0.2) is 30.2 Å². The van der Waals surface area contributed by atoms with Crippen LogP contribution in [0.5, 0.6) is 11.5 Å². The van der Waals surface area contributed by atoms with Gasteiger partial charge in [-0.05, 0) is 60.9 Å². The Morgan fingerprint density at radius 3 is 2.64 bits per heavy atom. The Morgan fingerprint density at radius 1 is 1.25 bits per heavy atom. The number of rotatable bonds is 6. The Morgan fingerprint density at radius 2 is 2.00 bits per heavy atom. The largest absolute Gasteiger partial charge is 0.496 e. The number of benzene rings is 2. The van der Waals surface area contributed by atoms with E-state index in [1.54, 1.807) is 13.3 Å². The third-order valence-corrected chi connectivity index (χ3v) is 5.51. The molecule has 6 nitrogen and oxygen atoms in total. The van der Waals surface area contributed by atoms with Crippen molar-refractivity contribution in [1.29, 1.82) is 0 Å². The molecule has 28 heavy (non-hydrogen) atoms. The molecule has 0 bridgehead atoms. The van der Waals surface area contributed by atoms with Gasteiger partial charge in [-0.15, -0.1) is 5.10 Å². The molecule has 0 unspecified atom stereocenters. The predicted octanol–water partition coefficient (Wildman–Crippen LogP) is 4.10. The quantitative estimate of drug-likeness (QED) is 0.567. The van der Waals surface area contributed by atoms with E-state index in [9.17, 15) is 4.79 Å². The minimum absolute atomic E-state index is 0.0597. The van der Waals surface area contributed by atoms with Crippen LogP contribution in [-0.2, 0) is 11.4 Å². The van der Waals surface area contributed by atoms with Crippen LogP contribution in [0.1, 0.15) is 22.3 Å². The number of ether oxygens (including phenoxy) is 2. The second-order valence-electron chi connectivity index (χ2n) is 6.22. The van der Waals surface area contributed by atoms with Gasteiger partial charge in [-0.25, -0.2) is 0 Å². The molecule has 1 heterocycles. The summed E-state index contributed by atoms with van der Waals surface area (Å²) in [5.74, 6) is 1.79. The molecule has 3 rings (SSSR count). The van der Waals surface area contributed by atoms with Crippen LogP contribution in [0.25, 0.3) is 0 Å². The van der Waals surface area contributed by atoms with E-state index in [1.807, 2.05) is 44.2 Å². The predicted molar refractivity (Wildman–Crippen MR) is 114 cm³/mol. The number of hydrogen-bond acceptors (Lipinski definition) is 6. The van der Waals surface area contributed by atoms with Crippen molar-refractivity contribution in [1.82, 2.24) is 5.32 Å². The van der Waals surface area contributed by atoms with Crippen molar-refractivity contribution in [2.24, 2.45) is 10.2 Å². The van der Waals surface area contributed by atoms with E-state index in [2.05, 4.69) is 15.5 Å². The summed E-state index contributed by atoms with van der Waals surface area (Å²) in [6, 6.07) is 9.49. The van der Waals surface area contributed by atoms with Gasteiger partial charge >= 0.3 is 0 Å². The Hall–Kier alpha value is -2.51. The van der Waals surface area contributed by atoms with Crippen molar-refractivity contribution in [3.8, 4) is 11.5 Å². The molecular formula is C20H20ClN3O3S. The maximum absolute atomic E-state index is 11.2. The van der Waals surface area contributed by atoms with Gasteiger partial charge < -0.3 is 14.8 Å². The second kappa shape index (κ2) is 9.12. The molecule has 1 amide bonds. The Balaban J connectivity index is 1.73. The van der Waals surface area contributed by atoms with Crippen molar-refractivity contribution >= 4 is 40.7 Å². The van der Waals surface area contributed by atoms with Crippen LogP contribution >= 0.6 is 23.4 Å². The zero-order valence-electron chi connectivity index (χ0n) is 15.8. The van der Waals surface area contributed by atoms with Crippen molar-refractivity contribution < 1.29 is 14.3 Å². The summed E-state index contributed by atoms with van der Waals surface area (Å²) in [7, 11) is 1.62. The normalized spacial score (nSPS) is 15.3. The smallest absolute Gasteiger partial charge is 0.236 e. The van der Waals surface area contributed by atoms with E-state index in [4.69, 9.17) is 21.1 Å². The number of carbonyl (C=O) groups excluding carboxylic acids is 1. The van der Waals surface area contributed by atoms with Crippen molar-refractivity contribution in [2.75, 3.05) is 12.9 Å². The highest BCUT2D eigenvalue weighted by Crippen LogP contribution is 2.27. The highest BCUT2D eigenvalue weighted by molar-refractivity contribution is 8.15. The van der Waals surface area contributed by atoms with Crippen LogP contribution in [0, 0.1) is 13.8 Å². The van der Waals surface area contributed by atoms with Gasteiger partial charge in [-0.1, -0.05) is 23.4 Å². The molecule has 1 N–H and O–H groups in total. The molecule has 0 spiro atoms. The van der Waals surface area contributed by atoms with Gasteiger partial charge in [0.25, 0.3) is 0 Å². The van der Waals surface area contributed by atoms with Crippen molar-refractivity contribution in [3.05, 3.63) is 57.6 Å². The van der Waals surface area contributed by atoms with Gasteiger partial charge in [-0.3, -0.25) is 4.79 Å². The van der Waals surface area contributed by atoms with E-state index in [0.29, 0.717) is 17.5 Å². The molecule has 1 aliphatic heterocycles. The number of hydrogen-bond donors (Lipinski definition) is 1. The molecule has 1 saturated heterocycles. The number of aryl methyl sites for hydroxylation is 2. The molecule has 1 aliphatic rings. The summed E-state index contributed by atoms with van der Waals surface area (Å²) in [5, 5.41) is 11.9. The molecule has 2 aromatic rings. The highest BCUT2D eigenvalue weighted by atomic mass is 35.5. The average molecular weight is 418 g/mol. The van der Waals surface area contributed by atoms with E-state index < -0.39 is 0 Å². The van der Waals surface area contributed by atoms with Crippen LogP contribution in [0.15, 0.2) is 40.5 Å². The van der Waals surface area contributed by atoms with Gasteiger partial charge in [0.05, 0.1) is 19.1 Å². The summed E-state index contributed by atoms with van der Waals surface area (Å²) >= 11 is 7.54. The molecule has 0 radical (unpaired) electrons. The molecule has 0 saturated carbocycles. The topological polar surface area (TPSA) is 72.3 Å². The monoisotopic (exact) mass is 417 g/mol. The summed E-state index contributed by atoms with van der Waals surface area (Å²) in [4.78, 5) is 11.2. The maximum Gasteiger partial charge on any atom is 0.236 e. The molecule has 8 heteroatoms. The van der Waals surface area contributed by atoms with E-state index in [-0.39, 0.29) is 5.91 Å². The standard InChI is InChI=1S/C20H20ClN3O3S/c1-12-6-16(7-13(2)19(12)21)27-10-15-8-14(4-5-17(15)26-3)9-22-24-20-23-18(25)11-28-20/h4-9H,10-11H2,1-3H3,(H,23,24,25). The third kappa shape index (κ3) is 5.05. The lowest BCUT2D eigenvalue weighted by Gasteiger charge is -2.13. The number of thioether (sulfide) groups is 1. The van der Waals surface area contributed by atoms with Crippen LogP contribution in [0.2, 0.25) is 5.02 Å². The zero-order chi connectivity index (χ0) is 20.1. The van der Waals surface area contributed by atoms with E-state index >= 15 is 0 Å². The van der Waals surface area contributed by atoms with Gasteiger partial charge in [0.15, 0.2) is 5.17 Å². The molecule has 0 aliphatic carbocycles. The van der Waals surface area contributed by atoms with E-state index in [1.165, 1.54) is 11.8 Å². The van der Waals surface area contributed by atoms with Crippen LogP contribution in [0.4, 0.5) is 0 Å². The first-order chi connectivity index (χ1) is 13.5. The highest BCUT2D eigenvalue weighted by Gasteiger charge is 2.16. The van der Waals surface area contributed by atoms with Crippen LogP contribution in [0.3, 0.4) is 0 Å². The Bertz CT molecular complexity index is 937. The fourth-order valence-corrected chi connectivity index (χ4v) is 3.41. The van der Waals surface area contributed by atoms with Gasteiger partial charge in [-0.2, -0.15) is 5.10 Å². The number of nitrogens with zero attached hydrogens (tertiary/aromatic N) is 2. The minimum atomic E-state index is -0.0597. The lowest BCUT2D eigenvalue weighted by atomic mass is 10.1.